The molecule has 1 saturated heterocycles. The van der Waals surface area contributed by atoms with E-state index in [1.54, 1.807) is 57.5 Å². The zero-order valence-corrected chi connectivity index (χ0v) is 27.0. The summed E-state index contributed by atoms with van der Waals surface area (Å²) in [7, 11) is 1.56. The van der Waals surface area contributed by atoms with Gasteiger partial charge in [0, 0.05) is 36.5 Å². The van der Waals surface area contributed by atoms with Crippen LogP contribution in [0.1, 0.15) is 36.0 Å². The maximum atomic E-state index is 15.3. The summed E-state index contributed by atoms with van der Waals surface area (Å²) >= 11 is 0. The van der Waals surface area contributed by atoms with Crippen molar-refractivity contribution in [3.8, 4) is 34.6 Å². The normalized spacial score (nSPS) is 13.4. The standard InChI is InChI=1S/C36H36FN5O6/c1-22-8-6-9-23(2)33(22)42-35(44)26(34(43)40-36(42)45)21-39-24-10-11-30(27(37)18-24)48-29-12-13-38-28-20-32(31(46-3)19-25(28)29)47-17-7-16-41-14-4-5-15-41/h6,8-13,18-21,44H,4-5,7,14-17H2,1-3H3,(H,40,43,45). The van der Waals surface area contributed by atoms with Gasteiger partial charge in [-0.1, -0.05) is 18.2 Å². The number of halogens is 1. The molecule has 0 bridgehead atoms. The topological polar surface area (TPSA) is 131 Å². The van der Waals surface area contributed by atoms with Gasteiger partial charge >= 0.3 is 5.69 Å². The van der Waals surface area contributed by atoms with Gasteiger partial charge in [-0.05, 0) is 81.6 Å². The molecule has 12 heteroatoms. The maximum Gasteiger partial charge on any atom is 0.335 e. The molecule has 0 spiro atoms. The fraction of sp³-hybridized carbons (Fsp3) is 0.278. The monoisotopic (exact) mass is 653 g/mol. The van der Waals surface area contributed by atoms with Crippen molar-refractivity contribution in [3.63, 3.8) is 0 Å². The number of fused-ring (bicyclic) bond motifs is 1. The van der Waals surface area contributed by atoms with Gasteiger partial charge in [0.05, 0.1) is 30.6 Å². The Morgan fingerprint density at radius 3 is 2.50 bits per heavy atom. The predicted octanol–water partition coefficient (Wildman–Crippen LogP) is 5.95. The third kappa shape index (κ3) is 6.79. The first-order chi connectivity index (χ1) is 23.2. The van der Waals surface area contributed by atoms with Crippen molar-refractivity contribution in [1.29, 1.82) is 0 Å². The zero-order chi connectivity index (χ0) is 33.8. The average molecular weight is 654 g/mol. The smallest absolute Gasteiger partial charge is 0.335 e. The van der Waals surface area contributed by atoms with Crippen LogP contribution in [-0.2, 0) is 0 Å². The number of aromatic hydroxyl groups is 1. The lowest BCUT2D eigenvalue weighted by Crippen LogP contribution is -2.32. The van der Waals surface area contributed by atoms with E-state index in [1.165, 1.54) is 25.0 Å². The molecule has 1 fully saturated rings. The summed E-state index contributed by atoms with van der Waals surface area (Å²) in [6, 6.07) is 14.6. The number of benzene rings is 3. The van der Waals surface area contributed by atoms with Crippen molar-refractivity contribution >= 4 is 22.8 Å². The van der Waals surface area contributed by atoms with E-state index in [-0.39, 0.29) is 17.0 Å². The number of aryl methyl sites for hydroxylation is 2. The fourth-order valence-corrected chi connectivity index (χ4v) is 5.90. The van der Waals surface area contributed by atoms with E-state index in [0.29, 0.717) is 40.4 Å². The number of pyridine rings is 1. The lowest BCUT2D eigenvalue weighted by atomic mass is 10.1. The highest BCUT2D eigenvalue weighted by Crippen LogP contribution is 2.38. The number of para-hydroxylation sites is 1. The van der Waals surface area contributed by atoms with E-state index in [9.17, 15) is 14.7 Å². The van der Waals surface area contributed by atoms with E-state index < -0.39 is 22.9 Å². The maximum absolute atomic E-state index is 15.3. The number of likely N-dealkylation sites (tertiary alicyclic amines) is 1. The number of ether oxygens (including phenoxy) is 3. The molecule has 0 unspecified atom stereocenters. The Labute approximate surface area is 275 Å². The summed E-state index contributed by atoms with van der Waals surface area (Å²) in [5.74, 6) is 0.0814. The second-order valence-electron chi connectivity index (χ2n) is 11.6. The Morgan fingerprint density at radius 1 is 1.00 bits per heavy atom. The molecular formula is C36H36FN5O6. The number of nitrogens with one attached hydrogen (secondary N) is 1. The van der Waals surface area contributed by atoms with Crippen molar-refractivity contribution in [3.05, 3.63) is 104 Å². The number of rotatable bonds is 11. The highest BCUT2D eigenvalue weighted by atomic mass is 19.1. The van der Waals surface area contributed by atoms with Crippen LogP contribution in [0, 0.1) is 19.7 Å². The third-order valence-corrected chi connectivity index (χ3v) is 8.32. The number of aromatic nitrogens is 3. The van der Waals surface area contributed by atoms with Gasteiger partial charge in [0.2, 0.25) is 5.88 Å². The number of hydrogen-bond acceptors (Lipinski definition) is 9. The van der Waals surface area contributed by atoms with Crippen LogP contribution in [0.3, 0.4) is 0 Å². The lowest BCUT2D eigenvalue weighted by Gasteiger charge is -2.16. The Bertz CT molecular complexity index is 2100. The summed E-state index contributed by atoms with van der Waals surface area (Å²) in [4.78, 5) is 38.6. The van der Waals surface area contributed by atoms with Crippen LogP contribution in [0.2, 0.25) is 0 Å². The second-order valence-corrected chi connectivity index (χ2v) is 11.6. The van der Waals surface area contributed by atoms with Crippen molar-refractivity contribution in [2.75, 3.05) is 33.4 Å². The molecule has 1 aliphatic rings. The minimum Gasteiger partial charge on any atom is -0.493 e. The van der Waals surface area contributed by atoms with E-state index in [0.717, 1.165) is 54.0 Å². The number of hydrogen-bond donors (Lipinski definition) is 2. The Balaban J connectivity index is 1.21. The molecule has 248 valence electrons. The molecule has 11 nitrogen and oxygen atoms in total. The van der Waals surface area contributed by atoms with E-state index in [2.05, 4.69) is 19.9 Å². The van der Waals surface area contributed by atoms with Gasteiger partial charge in [0.25, 0.3) is 5.56 Å². The molecule has 6 rings (SSSR count). The Hall–Kier alpha value is -5.49. The molecule has 0 atom stereocenters. The molecule has 0 saturated carbocycles. The van der Waals surface area contributed by atoms with Crippen LogP contribution in [0.5, 0.6) is 28.9 Å². The fourth-order valence-electron chi connectivity index (χ4n) is 5.90. The van der Waals surface area contributed by atoms with Gasteiger partial charge in [-0.2, -0.15) is 0 Å². The molecule has 0 amide bonds. The van der Waals surface area contributed by atoms with Crippen LogP contribution in [0.4, 0.5) is 10.1 Å². The third-order valence-electron chi connectivity index (χ3n) is 8.32. The van der Waals surface area contributed by atoms with Gasteiger partial charge in [-0.3, -0.25) is 19.8 Å². The van der Waals surface area contributed by atoms with Crippen LogP contribution in [-0.4, -0.2) is 64.1 Å². The van der Waals surface area contributed by atoms with Gasteiger partial charge in [0.1, 0.15) is 11.3 Å². The SMILES string of the molecule is COc1cc2c(Oc3ccc(N=Cc4c(O)n(-c5c(C)cccc5C)c(=O)[nH]c4=O)cc3F)ccnc2cc1OCCCN1CCCC1. The minimum atomic E-state index is -0.834. The molecular weight excluding hydrogens is 617 g/mol. The largest absolute Gasteiger partial charge is 0.493 e. The van der Waals surface area contributed by atoms with Gasteiger partial charge in [-0.15, -0.1) is 0 Å². The van der Waals surface area contributed by atoms with Crippen LogP contribution in [0.15, 0.2) is 75.4 Å². The first kappa shape index (κ1) is 32.5. The molecule has 48 heavy (non-hydrogen) atoms. The molecule has 2 aromatic heterocycles. The van der Waals surface area contributed by atoms with Crippen LogP contribution < -0.4 is 25.5 Å². The van der Waals surface area contributed by atoms with Crippen LogP contribution in [0.25, 0.3) is 16.6 Å². The van der Waals surface area contributed by atoms with Gasteiger partial charge in [0.15, 0.2) is 23.1 Å². The van der Waals surface area contributed by atoms with Crippen molar-refractivity contribution in [2.24, 2.45) is 4.99 Å². The molecule has 3 aromatic carbocycles. The Kier molecular flexibility index (Phi) is 9.53. The van der Waals surface area contributed by atoms with E-state index in [4.69, 9.17) is 14.2 Å². The number of aliphatic imine (C=N–C) groups is 1. The number of H-pyrrole nitrogens is 1. The predicted molar refractivity (Wildman–Crippen MR) is 182 cm³/mol. The van der Waals surface area contributed by atoms with Crippen molar-refractivity contribution in [1.82, 2.24) is 19.4 Å². The molecule has 0 aliphatic carbocycles. The highest BCUT2D eigenvalue weighted by Gasteiger charge is 2.18. The summed E-state index contributed by atoms with van der Waals surface area (Å²) in [5, 5.41) is 11.6. The van der Waals surface area contributed by atoms with Crippen molar-refractivity contribution < 1.29 is 23.7 Å². The van der Waals surface area contributed by atoms with Crippen molar-refractivity contribution in [2.45, 2.75) is 33.1 Å². The zero-order valence-electron chi connectivity index (χ0n) is 27.0. The first-order valence-electron chi connectivity index (χ1n) is 15.7. The number of methoxy groups -OCH3 is 1. The molecule has 3 heterocycles. The molecule has 0 radical (unpaired) electrons. The van der Waals surface area contributed by atoms with E-state index in [1.807, 2.05) is 6.07 Å². The molecule has 5 aromatic rings. The summed E-state index contributed by atoms with van der Waals surface area (Å²) in [6.07, 6.45) is 6.05. The Morgan fingerprint density at radius 2 is 1.77 bits per heavy atom. The molecule has 1 aliphatic heterocycles. The average Bonchev–Trinajstić information content (AvgIpc) is 3.59. The number of aromatic amines is 1. The quantitative estimate of drug-likeness (QED) is 0.132. The number of nitrogens with zero attached hydrogens (tertiary/aromatic N) is 4. The molecule has 2 N–H and O–H groups in total. The van der Waals surface area contributed by atoms with Gasteiger partial charge < -0.3 is 24.2 Å². The minimum absolute atomic E-state index is 0.0630. The van der Waals surface area contributed by atoms with E-state index >= 15 is 4.39 Å². The van der Waals surface area contributed by atoms with Crippen LogP contribution >= 0.6 is 0 Å². The summed E-state index contributed by atoms with van der Waals surface area (Å²) < 4.78 is 33.9. The van der Waals surface area contributed by atoms with Gasteiger partial charge in [-0.25, -0.2) is 13.8 Å². The second kappa shape index (κ2) is 14.1. The summed E-state index contributed by atoms with van der Waals surface area (Å²) in [5.41, 5.74) is 0.738. The lowest BCUT2D eigenvalue weighted by molar-refractivity contribution is 0.254. The highest BCUT2D eigenvalue weighted by molar-refractivity contribution is 5.88. The first-order valence-corrected chi connectivity index (χ1v) is 15.7. The summed E-state index contributed by atoms with van der Waals surface area (Å²) in [6.45, 7) is 7.38.